The molecule has 0 bridgehead atoms. The van der Waals surface area contributed by atoms with Gasteiger partial charge in [-0.05, 0) is 54.8 Å². The van der Waals surface area contributed by atoms with Gasteiger partial charge in [-0.15, -0.1) is 0 Å². The van der Waals surface area contributed by atoms with Gasteiger partial charge in [-0.3, -0.25) is 9.59 Å². The molecule has 1 N–H and O–H groups in total. The Hall–Kier alpha value is -2.24. The molecule has 0 spiro atoms. The first-order valence-corrected chi connectivity index (χ1v) is 9.30. The normalized spacial score (nSPS) is 16.6. The van der Waals surface area contributed by atoms with Crippen molar-refractivity contribution in [2.75, 3.05) is 13.2 Å². The van der Waals surface area contributed by atoms with E-state index in [4.69, 9.17) is 32.7 Å². The van der Waals surface area contributed by atoms with Crippen molar-refractivity contribution in [1.29, 1.82) is 0 Å². The number of nitrogens with one attached hydrogen (secondary N) is 1. The monoisotopic (exact) mass is 407 g/mol. The maximum absolute atomic E-state index is 12.3. The van der Waals surface area contributed by atoms with Crippen molar-refractivity contribution in [1.82, 2.24) is 5.32 Å². The average molecular weight is 408 g/mol. The third-order valence-corrected chi connectivity index (χ3v) is 4.84. The zero-order valence-corrected chi connectivity index (χ0v) is 16.2. The van der Waals surface area contributed by atoms with E-state index < -0.39 is 11.9 Å². The second-order valence-electron chi connectivity index (χ2n) is 6.41. The van der Waals surface area contributed by atoms with Crippen molar-refractivity contribution in [2.45, 2.75) is 19.4 Å². The fourth-order valence-corrected chi connectivity index (χ4v) is 3.21. The van der Waals surface area contributed by atoms with E-state index in [9.17, 15) is 9.59 Å². The number of carbonyl (C=O) groups is 2. The highest BCUT2D eigenvalue weighted by Crippen LogP contribution is 2.30. The Kier molecular flexibility index (Phi) is 6.24. The number of benzene rings is 2. The predicted molar refractivity (Wildman–Crippen MR) is 103 cm³/mol. The maximum Gasteiger partial charge on any atom is 0.313 e. The average Bonchev–Trinajstić information content (AvgIpc) is 2.66. The molecule has 0 saturated heterocycles. The van der Waals surface area contributed by atoms with Gasteiger partial charge in [0.05, 0.1) is 12.0 Å². The number of fused-ring (bicyclic) bond motifs is 1. The largest absolute Gasteiger partial charge is 0.492 e. The lowest BCUT2D eigenvalue weighted by molar-refractivity contribution is -0.154. The van der Waals surface area contributed by atoms with E-state index in [0.717, 1.165) is 16.9 Å². The van der Waals surface area contributed by atoms with Gasteiger partial charge < -0.3 is 14.8 Å². The van der Waals surface area contributed by atoms with Gasteiger partial charge in [0.25, 0.3) is 5.91 Å². The summed E-state index contributed by atoms with van der Waals surface area (Å²) in [5.74, 6) is -0.573. The van der Waals surface area contributed by atoms with Crippen molar-refractivity contribution in [2.24, 2.45) is 5.92 Å². The minimum atomic E-state index is -0.463. The van der Waals surface area contributed by atoms with Crippen molar-refractivity contribution < 1.29 is 19.1 Å². The third-order valence-electron chi connectivity index (χ3n) is 4.36. The number of carbonyl (C=O) groups excluding carboxylic acids is 2. The first-order valence-electron chi connectivity index (χ1n) is 8.55. The number of ether oxygens (including phenoxy) is 2. The van der Waals surface area contributed by atoms with Crippen LogP contribution < -0.4 is 10.1 Å². The molecule has 0 aromatic heterocycles. The van der Waals surface area contributed by atoms with Crippen LogP contribution in [0.5, 0.6) is 5.75 Å². The molecule has 0 fully saturated rings. The lowest BCUT2D eigenvalue weighted by atomic mass is 9.97. The van der Waals surface area contributed by atoms with E-state index in [1.165, 1.54) is 0 Å². The van der Waals surface area contributed by atoms with Crippen LogP contribution in [0.25, 0.3) is 0 Å². The molecule has 1 amide bonds. The van der Waals surface area contributed by atoms with Gasteiger partial charge in [0.1, 0.15) is 12.4 Å². The van der Waals surface area contributed by atoms with Crippen molar-refractivity contribution in [3.8, 4) is 5.75 Å². The smallest absolute Gasteiger partial charge is 0.313 e. The van der Waals surface area contributed by atoms with Crippen molar-refractivity contribution >= 4 is 35.1 Å². The zero-order valence-electron chi connectivity index (χ0n) is 14.7. The van der Waals surface area contributed by atoms with Crippen LogP contribution in [0, 0.1) is 5.92 Å². The lowest BCUT2D eigenvalue weighted by Gasteiger charge is -2.24. The van der Waals surface area contributed by atoms with E-state index in [2.05, 4.69) is 5.32 Å². The van der Waals surface area contributed by atoms with Gasteiger partial charge in [0.15, 0.2) is 6.61 Å². The highest BCUT2D eigenvalue weighted by atomic mass is 35.5. The second-order valence-corrected chi connectivity index (χ2v) is 7.29. The molecule has 1 aliphatic heterocycles. The fourth-order valence-electron chi connectivity index (χ4n) is 2.89. The number of hydrogen-bond donors (Lipinski definition) is 1. The summed E-state index contributed by atoms with van der Waals surface area (Å²) in [7, 11) is 0. The van der Waals surface area contributed by atoms with Crippen molar-refractivity contribution in [3.05, 3.63) is 63.6 Å². The molecular weight excluding hydrogens is 389 g/mol. The van der Waals surface area contributed by atoms with Gasteiger partial charge in [-0.2, -0.15) is 0 Å². The molecular formula is C20H19Cl2NO4. The fraction of sp³-hybridized carbons (Fsp3) is 0.300. The van der Waals surface area contributed by atoms with E-state index in [-0.39, 0.29) is 25.2 Å². The Morgan fingerprint density at radius 2 is 1.89 bits per heavy atom. The van der Waals surface area contributed by atoms with Crippen LogP contribution in [0.3, 0.4) is 0 Å². The zero-order chi connectivity index (χ0) is 19.4. The van der Waals surface area contributed by atoms with Gasteiger partial charge in [-0.1, -0.05) is 35.3 Å². The van der Waals surface area contributed by atoms with Crippen LogP contribution in [0.15, 0.2) is 42.5 Å². The Bertz CT molecular complexity index is 838. The molecule has 1 aliphatic rings. The third kappa shape index (κ3) is 5.15. The molecule has 0 saturated carbocycles. The summed E-state index contributed by atoms with van der Waals surface area (Å²) >= 11 is 11.8. The quantitative estimate of drug-likeness (QED) is 0.761. The summed E-state index contributed by atoms with van der Waals surface area (Å²) in [6, 6.07) is 12.3. The Morgan fingerprint density at radius 3 is 2.63 bits per heavy atom. The Labute approximate surface area is 167 Å². The van der Waals surface area contributed by atoms with E-state index in [1.807, 2.05) is 19.1 Å². The van der Waals surface area contributed by atoms with Crippen LogP contribution in [0.1, 0.15) is 24.1 Å². The van der Waals surface area contributed by atoms with Gasteiger partial charge in [-0.25, -0.2) is 0 Å². The Morgan fingerprint density at radius 1 is 1.19 bits per heavy atom. The lowest BCUT2D eigenvalue weighted by Crippen LogP contribution is -2.34. The number of esters is 1. The standard InChI is InChI=1S/C20H19Cl2NO4/c1-12(13-2-4-16(21)5-3-13)23-19(24)11-27-20(25)15-8-14-9-17(22)6-7-18(14)26-10-15/h2-7,9,12,15H,8,10-11H2,1H3,(H,23,24)/t12-,15+/m0/s1. The van der Waals surface area contributed by atoms with Crippen LogP contribution in [0.2, 0.25) is 10.0 Å². The van der Waals surface area contributed by atoms with Gasteiger partial charge in [0, 0.05) is 10.0 Å². The topological polar surface area (TPSA) is 64.6 Å². The molecule has 5 nitrogen and oxygen atoms in total. The highest BCUT2D eigenvalue weighted by Gasteiger charge is 2.28. The summed E-state index contributed by atoms with van der Waals surface area (Å²) in [6.45, 7) is 1.73. The number of amides is 1. The van der Waals surface area contributed by atoms with E-state index in [1.54, 1.807) is 30.3 Å². The molecule has 0 aliphatic carbocycles. The second kappa shape index (κ2) is 8.63. The predicted octanol–water partition coefficient (Wildman–Crippen LogP) is 3.97. The minimum Gasteiger partial charge on any atom is -0.492 e. The van der Waals surface area contributed by atoms with E-state index >= 15 is 0 Å². The molecule has 2 aromatic rings. The molecule has 7 heteroatoms. The SMILES string of the molecule is C[C@H](NC(=O)COC(=O)[C@H]1COc2ccc(Cl)cc2C1)c1ccc(Cl)cc1. The van der Waals surface area contributed by atoms with Crippen molar-refractivity contribution in [3.63, 3.8) is 0 Å². The first-order chi connectivity index (χ1) is 12.9. The number of rotatable bonds is 5. The number of hydrogen-bond acceptors (Lipinski definition) is 4. The van der Waals surface area contributed by atoms with Crippen LogP contribution in [-0.4, -0.2) is 25.1 Å². The molecule has 1 heterocycles. The molecule has 3 rings (SSSR count). The van der Waals surface area contributed by atoms with E-state index in [0.29, 0.717) is 16.5 Å². The summed E-state index contributed by atoms with van der Waals surface area (Å²) in [5.41, 5.74) is 1.77. The number of halogens is 2. The minimum absolute atomic E-state index is 0.219. The van der Waals surface area contributed by atoms with Gasteiger partial charge >= 0.3 is 5.97 Å². The summed E-state index contributed by atoms with van der Waals surface area (Å²) < 4.78 is 10.7. The molecule has 27 heavy (non-hydrogen) atoms. The maximum atomic E-state index is 12.3. The molecule has 142 valence electrons. The highest BCUT2D eigenvalue weighted by molar-refractivity contribution is 6.30. The summed E-state index contributed by atoms with van der Waals surface area (Å²) in [5, 5.41) is 4.00. The molecule has 0 radical (unpaired) electrons. The molecule has 0 unspecified atom stereocenters. The van der Waals surface area contributed by atoms with Crippen LogP contribution in [-0.2, 0) is 20.7 Å². The first kappa shape index (κ1) is 19.5. The summed E-state index contributed by atoms with van der Waals surface area (Å²) in [4.78, 5) is 24.3. The molecule has 2 aromatic carbocycles. The Balaban J connectivity index is 1.49. The van der Waals surface area contributed by atoms with Gasteiger partial charge in [0.2, 0.25) is 0 Å². The van der Waals surface area contributed by atoms with Crippen LogP contribution >= 0.6 is 23.2 Å². The van der Waals surface area contributed by atoms with Crippen LogP contribution in [0.4, 0.5) is 0 Å². The molecule has 2 atom stereocenters. The summed E-state index contributed by atoms with van der Waals surface area (Å²) in [6.07, 6.45) is 0.470.